The van der Waals surface area contributed by atoms with E-state index in [4.69, 9.17) is 18.9 Å². The molecule has 0 aliphatic rings. The Kier molecular flexibility index (Phi) is 9.34. The van der Waals surface area contributed by atoms with E-state index in [0.717, 1.165) is 20.6 Å². The molecule has 0 fully saturated rings. The zero-order valence-corrected chi connectivity index (χ0v) is 22.8. The lowest BCUT2D eigenvalue weighted by molar-refractivity contribution is 0.143. The molecule has 0 bridgehead atoms. The Hall–Kier alpha value is -2.68. The fraction of sp³-hybridized carbons (Fsp3) is 0.172. The highest BCUT2D eigenvalue weighted by atomic mass is 127. The van der Waals surface area contributed by atoms with Crippen molar-refractivity contribution < 1.29 is 18.9 Å². The van der Waals surface area contributed by atoms with Crippen LogP contribution < -0.4 is 14.2 Å². The van der Waals surface area contributed by atoms with Crippen LogP contribution in [0.3, 0.4) is 0 Å². The summed E-state index contributed by atoms with van der Waals surface area (Å²) in [6.07, 6.45) is 0. The number of ether oxygens (including phenoxy) is 4. The van der Waals surface area contributed by atoms with Crippen molar-refractivity contribution in [3.05, 3.63) is 106 Å². The number of hydrogen-bond acceptors (Lipinski definition) is 4. The van der Waals surface area contributed by atoms with Crippen molar-refractivity contribution >= 4 is 33.5 Å². The van der Waals surface area contributed by atoms with Gasteiger partial charge in [0.1, 0.15) is 19.0 Å². The monoisotopic (exact) mass is 599 g/mol. The molecular formula is C29H28IO4S+. The normalized spacial score (nSPS) is 10.9. The van der Waals surface area contributed by atoms with Gasteiger partial charge in [0.15, 0.2) is 26.2 Å². The van der Waals surface area contributed by atoms with Gasteiger partial charge in [-0.2, -0.15) is 0 Å². The van der Waals surface area contributed by atoms with Crippen LogP contribution in [0.2, 0.25) is 0 Å². The molecular weight excluding hydrogens is 571 g/mol. The van der Waals surface area contributed by atoms with Crippen molar-refractivity contribution in [2.24, 2.45) is 0 Å². The molecule has 4 rings (SSSR count). The first-order valence-corrected chi connectivity index (χ1v) is 13.6. The number of hydrogen-bond donors (Lipinski definition) is 0. The average Bonchev–Trinajstić information content (AvgIpc) is 2.90. The van der Waals surface area contributed by atoms with Crippen molar-refractivity contribution in [3.63, 3.8) is 0 Å². The van der Waals surface area contributed by atoms with Crippen LogP contribution in [0.5, 0.6) is 17.2 Å². The first-order valence-electron chi connectivity index (χ1n) is 11.2. The second-order valence-electron chi connectivity index (χ2n) is 7.64. The summed E-state index contributed by atoms with van der Waals surface area (Å²) in [5, 5.41) is 0. The fourth-order valence-electron chi connectivity index (χ4n) is 3.58. The largest absolute Gasteiger partial charge is 0.493 e. The summed E-state index contributed by atoms with van der Waals surface area (Å²) in [6.45, 7) is 1.43. The van der Waals surface area contributed by atoms with E-state index in [1.54, 1.807) is 14.2 Å². The molecule has 0 amide bonds. The van der Waals surface area contributed by atoms with E-state index in [1.807, 2.05) is 18.2 Å². The maximum Gasteiger partial charge on any atom is 0.174 e. The Bertz CT molecular complexity index is 1160. The van der Waals surface area contributed by atoms with Crippen LogP contribution in [0.15, 0.2) is 112 Å². The number of methoxy groups -OCH3 is 2. The molecule has 4 aromatic carbocycles. The second-order valence-corrected chi connectivity index (χ2v) is 10.8. The van der Waals surface area contributed by atoms with E-state index in [-0.39, 0.29) is 10.9 Å². The minimum Gasteiger partial charge on any atom is -0.493 e. The van der Waals surface area contributed by atoms with Crippen LogP contribution in [0.4, 0.5) is 0 Å². The molecule has 0 N–H and O–H groups in total. The van der Waals surface area contributed by atoms with Gasteiger partial charge < -0.3 is 18.9 Å². The molecule has 0 radical (unpaired) electrons. The highest BCUT2D eigenvalue weighted by Gasteiger charge is 2.28. The Morgan fingerprint density at radius 3 is 1.86 bits per heavy atom. The number of rotatable bonds is 11. The molecule has 0 aliphatic heterocycles. The second kappa shape index (κ2) is 12.9. The van der Waals surface area contributed by atoms with E-state index >= 15 is 0 Å². The Morgan fingerprint density at radius 1 is 0.686 bits per heavy atom. The Morgan fingerprint density at radius 2 is 1.29 bits per heavy atom. The topological polar surface area (TPSA) is 36.9 Å². The zero-order chi connectivity index (χ0) is 24.5. The quantitative estimate of drug-likeness (QED) is 0.106. The predicted molar refractivity (Wildman–Crippen MR) is 149 cm³/mol. The summed E-state index contributed by atoms with van der Waals surface area (Å²) < 4.78 is 23.5. The molecule has 4 aromatic rings. The van der Waals surface area contributed by atoms with Crippen LogP contribution in [0.1, 0.15) is 5.56 Å². The minimum atomic E-state index is -0.173. The maximum absolute atomic E-state index is 6.11. The lowest BCUT2D eigenvalue weighted by Gasteiger charge is -2.15. The molecule has 0 heterocycles. The molecule has 0 aliphatic carbocycles. The first kappa shape index (κ1) is 25.4. The molecule has 0 unspecified atom stereocenters. The van der Waals surface area contributed by atoms with Crippen LogP contribution in [-0.4, -0.2) is 27.4 Å². The van der Waals surface area contributed by atoms with Crippen molar-refractivity contribution in [2.45, 2.75) is 21.3 Å². The highest BCUT2D eigenvalue weighted by molar-refractivity contribution is 14.1. The van der Waals surface area contributed by atoms with Crippen LogP contribution in [-0.2, 0) is 22.2 Å². The summed E-state index contributed by atoms with van der Waals surface area (Å²) >= 11 is 2.26. The molecule has 0 spiro atoms. The van der Waals surface area contributed by atoms with Gasteiger partial charge in [-0.25, -0.2) is 0 Å². The SMILES string of the molecule is COCCOc1c(I)cc(COc2ccc([S+](c3ccccc3)c3ccccc3)cc2)cc1OC. The van der Waals surface area contributed by atoms with Crippen molar-refractivity contribution in [2.75, 3.05) is 27.4 Å². The van der Waals surface area contributed by atoms with Crippen LogP contribution >= 0.6 is 22.6 Å². The molecule has 0 aromatic heterocycles. The van der Waals surface area contributed by atoms with Gasteiger partial charge in [0.2, 0.25) is 0 Å². The summed E-state index contributed by atoms with van der Waals surface area (Å²) in [4.78, 5) is 3.84. The van der Waals surface area contributed by atoms with Gasteiger partial charge in [-0.15, -0.1) is 0 Å². The summed E-state index contributed by atoms with van der Waals surface area (Å²) in [5.74, 6) is 2.25. The zero-order valence-electron chi connectivity index (χ0n) is 19.8. The molecule has 0 atom stereocenters. The number of benzene rings is 4. The standard InChI is InChI=1S/C29H28IO4S/c1-31-17-18-33-29-27(30)19-22(20-28(29)32-2)21-34-23-13-15-26(16-14-23)35(24-9-5-3-6-10-24)25-11-7-4-8-12-25/h3-16,19-20H,17-18,21H2,1-2H3/q+1. The Labute approximate surface area is 223 Å². The molecule has 0 saturated carbocycles. The summed E-state index contributed by atoms with van der Waals surface area (Å²) in [7, 11) is 3.13. The van der Waals surface area contributed by atoms with E-state index in [9.17, 15) is 0 Å². The van der Waals surface area contributed by atoms with Gasteiger partial charge in [0.25, 0.3) is 0 Å². The third kappa shape index (κ3) is 6.72. The average molecular weight is 600 g/mol. The number of halogens is 1. The third-order valence-electron chi connectivity index (χ3n) is 5.25. The molecule has 35 heavy (non-hydrogen) atoms. The van der Waals surface area contributed by atoms with Gasteiger partial charge in [-0.05, 0) is 88.8 Å². The summed E-state index contributed by atoms with van der Waals surface area (Å²) in [6, 6.07) is 33.7. The van der Waals surface area contributed by atoms with Gasteiger partial charge >= 0.3 is 0 Å². The summed E-state index contributed by atoms with van der Waals surface area (Å²) in [5.41, 5.74) is 1.02. The third-order valence-corrected chi connectivity index (χ3v) is 8.28. The predicted octanol–water partition coefficient (Wildman–Crippen LogP) is 7.00. The van der Waals surface area contributed by atoms with Crippen LogP contribution in [0.25, 0.3) is 0 Å². The van der Waals surface area contributed by atoms with E-state index in [2.05, 4.69) is 101 Å². The van der Waals surface area contributed by atoms with Gasteiger partial charge in [-0.1, -0.05) is 36.4 Å². The molecule has 0 saturated heterocycles. The van der Waals surface area contributed by atoms with Gasteiger partial charge in [0.05, 0.1) is 28.2 Å². The fourth-order valence-corrected chi connectivity index (χ4v) is 6.49. The van der Waals surface area contributed by atoms with Crippen molar-refractivity contribution in [1.82, 2.24) is 0 Å². The van der Waals surface area contributed by atoms with Gasteiger partial charge in [-0.3, -0.25) is 0 Å². The Balaban J connectivity index is 1.49. The first-order chi connectivity index (χ1) is 17.2. The van der Waals surface area contributed by atoms with E-state index in [0.29, 0.717) is 25.6 Å². The van der Waals surface area contributed by atoms with E-state index in [1.165, 1.54) is 14.7 Å². The van der Waals surface area contributed by atoms with Crippen molar-refractivity contribution in [1.29, 1.82) is 0 Å². The van der Waals surface area contributed by atoms with E-state index < -0.39 is 0 Å². The lowest BCUT2D eigenvalue weighted by Crippen LogP contribution is -2.07. The highest BCUT2D eigenvalue weighted by Crippen LogP contribution is 2.35. The minimum absolute atomic E-state index is 0.173. The maximum atomic E-state index is 6.11. The molecule has 6 heteroatoms. The smallest absolute Gasteiger partial charge is 0.174 e. The lowest BCUT2D eigenvalue weighted by atomic mass is 10.2. The van der Waals surface area contributed by atoms with Crippen molar-refractivity contribution in [3.8, 4) is 17.2 Å². The van der Waals surface area contributed by atoms with Gasteiger partial charge in [0, 0.05) is 7.11 Å². The van der Waals surface area contributed by atoms with Crippen LogP contribution in [0, 0.1) is 3.57 Å². The molecule has 4 nitrogen and oxygen atoms in total. The molecule has 180 valence electrons.